The number of benzene rings is 1. The Morgan fingerprint density at radius 2 is 2.12 bits per heavy atom. The van der Waals surface area contributed by atoms with Crippen LogP contribution in [0.5, 0.6) is 5.75 Å². The Labute approximate surface area is 102 Å². The molecule has 0 spiro atoms. The molecule has 0 aliphatic carbocycles. The third-order valence-corrected chi connectivity index (χ3v) is 2.50. The number of ether oxygens (including phenoxy) is 1. The topological polar surface area (TPSA) is 38.5 Å². The van der Waals surface area contributed by atoms with Gasteiger partial charge in [0.15, 0.2) is 0 Å². The van der Waals surface area contributed by atoms with Crippen LogP contribution in [0.15, 0.2) is 18.2 Å². The van der Waals surface area contributed by atoms with Crippen LogP contribution in [0, 0.1) is 6.92 Å². The number of nitrogens with two attached hydrogens (primary N) is 1. The van der Waals surface area contributed by atoms with Crippen LogP contribution in [-0.2, 0) is 0 Å². The van der Waals surface area contributed by atoms with Gasteiger partial charge in [-0.3, -0.25) is 0 Å². The molecule has 3 nitrogen and oxygen atoms in total. The molecule has 0 aromatic heterocycles. The second kappa shape index (κ2) is 5.82. The van der Waals surface area contributed by atoms with Gasteiger partial charge in [-0.1, -0.05) is 24.4 Å². The summed E-state index contributed by atoms with van der Waals surface area (Å²) in [4.78, 5) is 2.48. The number of hydrogen-bond acceptors (Lipinski definition) is 3. The van der Waals surface area contributed by atoms with Gasteiger partial charge in [0.2, 0.25) is 0 Å². The van der Waals surface area contributed by atoms with Crippen molar-refractivity contribution in [1.82, 2.24) is 4.90 Å². The quantitative estimate of drug-likeness (QED) is 0.790. The fraction of sp³-hybridized carbons (Fsp3) is 0.417. The molecule has 0 heterocycles. The van der Waals surface area contributed by atoms with E-state index in [4.69, 9.17) is 22.7 Å². The summed E-state index contributed by atoms with van der Waals surface area (Å²) in [6.07, 6.45) is 0. The van der Waals surface area contributed by atoms with Crippen LogP contribution in [-0.4, -0.2) is 37.1 Å². The molecule has 2 N–H and O–H groups in total. The highest BCUT2D eigenvalue weighted by Crippen LogP contribution is 2.19. The third kappa shape index (κ3) is 3.79. The zero-order valence-corrected chi connectivity index (χ0v) is 10.8. The number of nitrogens with zero attached hydrogens (tertiary/aromatic N) is 1. The molecule has 1 aromatic carbocycles. The van der Waals surface area contributed by atoms with E-state index in [9.17, 15) is 0 Å². The first-order chi connectivity index (χ1) is 7.50. The van der Waals surface area contributed by atoms with E-state index in [2.05, 4.69) is 4.90 Å². The van der Waals surface area contributed by atoms with Crippen LogP contribution in [0.3, 0.4) is 0 Å². The van der Waals surface area contributed by atoms with Crippen molar-refractivity contribution >= 4 is 17.2 Å². The lowest BCUT2D eigenvalue weighted by molar-refractivity contribution is 0.260. The average molecular weight is 238 g/mol. The van der Waals surface area contributed by atoms with Crippen molar-refractivity contribution in [3.63, 3.8) is 0 Å². The fourth-order valence-electron chi connectivity index (χ4n) is 1.25. The van der Waals surface area contributed by atoms with E-state index in [1.54, 1.807) is 0 Å². The predicted molar refractivity (Wildman–Crippen MR) is 71.1 cm³/mol. The molecular weight excluding hydrogens is 220 g/mol. The van der Waals surface area contributed by atoms with Gasteiger partial charge in [-0.05, 0) is 32.6 Å². The maximum atomic E-state index is 5.68. The van der Waals surface area contributed by atoms with Crippen molar-refractivity contribution < 1.29 is 4.74 Å². The Bertz CT molecular complexity index is 377. The van der Waals surface area contributed by atoms with E-state index in [1.807, 2.05) is 39.2 Å². The number of rotatable bonds is 5. The normalized spacial score (nSPS) is 10.5. The lowest BCUT2D eigenvalue weighted by atomic mass is 10.1. The lowest BCUT2D eigenvalue weighted by Gasteiger charge is -2.13. The van der Waals surface area contributed by atoms with Gasteiger partial charge in [0.25, 0.3) is 0 Å². The van der Waals surface area contributed by atoms with E-state index < -0.39 is 0 Å². The van der Waals surface area contributed by atoms with Gasteiger partial charge >= 0.3 is 0 Å². The Kier molecular flexibility index (Phi) is 4.71. The molecule has 0 unspecified atom stereocenters. The van der Waals surface area contributed by atoms with Crippen LogP contribution in [0.4, 0.5) is 0 Å². The van der Waals surface area contributed by atoms with Crippen molar-refractivity contribution in [3.8, 4) is 5.75 Å². The molecule has 1 aromatic rings. The molecular formula is C12H18N2OS. The first-order valence-electron chi connectivity index (χ1n) is 5.18. The van der Waals surface area contributed by atoms with Crippen molar-refractivity contribution in [2.45, 2.75) is 6.92 Å². The van der Waals surface area contributed by atoms with Gasteiger partial charge < -0.3 is 15.4 Å². The molecule has 0 bridgehead atoms. The summed E-state index contributed by atoms with van der Waals surface area (Å²) in [6.45, 7) is 3.56. The van der Waals surface area contributed by atoms with Crippen molar-refractivity contribution in [2.24, 2.45) is 5.73 Å². The monoisotopic (exact) mass is 238 g/mol. The summed E-state index contributed by atoms with van der Waals surface area (Å²) >= 11 is 4.93. The highest BCUT2D eigenvalue weighted by atomic mass is 32.1. The van der Waals surface area contributed by atoms with Gasteiger partial charge in [0.05, 0.1) is 0 Å². The average Bonchev–Trinajstić information content (AvgIpc) is 2.20. The molecule has 0 aliphatic rings. The zero-order chi connectivity index (χ0) is 12.1. The summed E-state index contributed by atoms with van der Waals surface area (Å²) in [5, 5.41) is 0. The summed E-state index contributed by atoms with van der Waals surface area (Å²) < 4.78 is 5.68. The van der Waals surface area contributed by atoms with E-state index in [1.165, 1.54) is 0 Å². The highest BCUT2D eigenvalue weighted by Gasteiger charge is 2.03. The summed E-state index contributed by atoms with van der Waals surface area (Å²) in [5.41, 5.74) is 7.52. The highest BCUT2D eigenvalue weighted by molar-refractivity contribution is 7.80. The molecule has 0 atom stereocenters. The number of hydrogen-bond donors (Lipinski definition) is 1. The van der Waals surface area contributed by atoms with Crippen molar-refractivity contribution in [2.75, 3.05) is 27.2 Å². The van der Waals surface area contributed by atoms with E-state index in [0.29, 0.717) is 11.6 Å². The SMILES string of the molecule is Cc1ccc(C(N)=S)cc1OCCN(C)C. The second-order valence-electron chi connectivity index (χ2n) is 4.00. The van der Waals surface area contributed by atoms with Crippen LogP contribution in [0.2, 0.25) is 0 Å². The zero-order valence-electron chi connectivity index (χ0n) is 9.99. The van der Waals surface area contributed by atoms with E-state index >= 15 is 0 Å². The molecule has 0 saturated heterocycles. The lowest BCUT2D eigenvalue weighted by Crippen LogP contribution is -2.19. The van der Waals surface area contributed by atoms with Crippen LogP contribution in [0.1, 0.15) is 11.1 Å². The maximum absolute atomic E-state index is 5.68. The van der Waals surface area contributed by atoms with Crippen LogP contribution >= 0.6 is 12.2 Å². The Morgan fingerprint density at radius 1 is 1.44 bits per heavy atom. The molecule has 0 fully saturated rings. The van der Waals surface area contributed by atoms with Crippen molar-refractivity contribution in [1.29, 1.82) is 0 Å². The largest absolute Gasteiger partial charge is 0.492 e. The summed E-state index contributed by atoms with van der Waals surface area (Å²) in [6, 6.07) is 5.78. The number of likely N-dealkylation sites (N-methyl/N-ethyl adjacent to an activating group) is 1. The fourth-order valence-corrected chi connectivity index (χ4v) is 1.37. The minimum atomic E-state index is 0.400. The van der Waals surface area contributed by atoms with E-state index in [0.717, 1.165) is 23.4 Å². The maximum Gasteiger partial charge on any atom is 0.122 e. The van der Waals surface area contributed by atoms with Gasteiger partial charge in [-0.15, -0.1) is 0 Å². The Balaban J connectivity index is 2.70. The summed E-state index contributed by atoms with van der Waals surface area (Å²) in [5.74, 6) is 0.854. The molecule has 0 aliphatic heterocycles. The molecule has 16 heavy (non-hydrogen) atoms. The van der Waals surface area contributed by atoms with Gasteiger partial charge in [-0.25, -0.2) is 0 Å². The second-order valence-corrected chi connectivity index (χ2v) is 4.44. The van der Waals surface area contributed by atoms with E-state index in [-0.39, 0.29) is 0 Å². The predicted octanol–water partition coefficient (Wildman–Crippen LogP) is 1.57. The Morgan fingerprint density at radius 3 is 2.69 bits per heavy atom. The molecule has 0 saturated carbocycles. The molecule has 0 amide bonds. The number of aryl methyl sites for hydroxylation is 1. The third-order valence-electron chi connectivity index (χ3n) is 2.27. The molecule has 1 rings (SSSR count). The number of thiocarbonyl (C=S) groups is 1. The smallest absolute Gasteiger partial charge is 0.122 e. The van der Waals surface area contributed by atoms with Crippen molar-refractivity contribution in [3.05, 3.63) is 29.3 Å². The van der Waals surface area contributed by atoms with Gasteiger partial charge in [-0.2, -0.15) is 0 Å². The van der Waals surface area contributed by atoms with Gasteiger partial charge in [0, 0.05) is 12.1 Å². The molecule has 4 heteroatoms. The minimum absolute atomic E-state index is 0.400. The molecule has 0 radical (unpaired) electrons. The minimum Gasteiger partial charge on any atom is -0.492 e. The first kappa shape index (κ1) is 12.9. The molecule has 88 valence electrons. The van der Waals surface area contributed by atoms with Gasteiger partial charge in [0.1, 0.15) is 17.3 Å². The Hall–Kier alpha value is -1.13. The summed E-state index contributed by atoms with van der Waals surface area (Å²) in [7, 11) is 4.03. The standard InChI is InChI=1S/C12H18N2OS/c1-9-4-5-10(12(13)16)8-11(9)15-7-6-14(2)3/h4-5,8H,6-7H2,1-3H3,(H2,13,16). The first-order valence-corrected chi connectivity index (χ1v) is 5.59. The van der Waals surface area contributed by atoms with Crippen LogP contribution < -0.4 is 10.5 Å². The van der Waals surface area contributed by atoms with Crippen LogP contribution in [0.25, 0.3) is 0 Å².